The third-order valence-corrected chi connectivity index (χ3v) is 4.52. The highest BCUT2D eigenvalue weighted by atomic mass is 15.2. The van der Waals surface area contributed by atoms with Crippen molar-refractivity contribution in [2.24, 2.45) is 5.92 Å². The topological polar surface area (TPSA) is 56.8 Å². The molecule has 100 valence electrons. The maximum Gasteiger partial charge on any atom is 0.142 e. The van der Waals surface area contributed by atoms with Gasteiger partial charge in [-0.2, -0.15) is 0 Å². The smallest absolute Gasteiger partial charge is 0.142 e. The lowest BCUT2D eigenvalue weighted by molar-refractivity contribution is 0.244. The van der Waals surface area contributed by atoms with Gasteiger partial charge in [0, 0.05) is 25.3 Å². The van der Waals surface area contributed by atoms with E-state index in [9.17, 15) is 0 Å². The SMILES string of the molecule is c1nc(N2CC[C@@H]3NCCC[C@@H]3C2)c2cc[nH]c2n1. The van der Waals surface area contributed by atoms with Gasteiger partial charge in [-0.1, -0.05) is 0 Å². The van der Waals surface area contributed by atoms with Gasteiger partial charge in [-0.25, -0.2) is 9.97 Å². The first-order chi connectivity index (χ1) is 9.42. The minimum Gasteiger partial charge on any atom is -0.356 e. The number of H-pyrrole nitrogens is 1. The fourth-order valence-electron chi connectivity index (χ4n) is 3.55. The lowest BCUT2D eigenvalue weighted by Crippen LogP contribution is -2.52. The normalized spacial score (nSPS) is 27.5. The van der Waals surface area contributed by atoms with Gasteiger partial charge in [0.25, 0.3) is 0 Å². The minimum absolute atomic E-state index is 0.716. The van der Waals surface area contributed by atoms with E-state index in [4.69, 9.17) is 0 Å². The molecule has 2 atom stereocenters. The van der Waals surface area contributed by atoms with Crippen LogP contribution in [-0.2, 0) is 0 Å². The number of fused-ring (bicyclic) bond motifs is 2. The molecule has 0 aliphatic carbocycles. The van der Waals surface area contributed by atoms with Crippen molar-refractivity contribution in [1.29, 1.82) is 0 Å². The summed E-state index contributed by atoms with van der Waals surface area (Å²) in [5, 5.41) is 4.80. The standard InChI is InChI=1S/C14H19N5/c1-2-10-8-19(7-4-12(10)15-5-1)14-11-3-6-16-13(11)17-9-18-14/h3,6,9-10,12,15H,1-2,4-5,7-8H2,(H,16,17,18)/t10-,12+/m1/s1. The minimum atomic E-state index is 0.716. The molecule has 0 saturated carbocycles. The second kappa shape index (κ2) is 4.49. The molecule has 2 aliphatic heterocycles. The Bertz CT molecular complexity index is 578. The van der Waals surface area contributed by atoms with Gasteiger partial charge in [-0.3, -0.25) is 0 Å². The molecule has 0 amide bonds. The quantitative estimate of drug-likeness (QED) is 0.813. The largest absolute Gasteiger partial charge is 0.356 e. The van der Waals surface area contributed by atoms with Gasteiger partial charge in [0.05, 0.1) is 5.39 Å². The maximum absolute atomic E-state index is 4.51. The van der Waals surface area contributed by atoms with E-state index in [0.29, 0.717) is 6.04 Å². The summed E-state index contributed by atoms with van der Waals surface area (Å²) in [6.07, 6.45) is 7.48. The highest BCUT2D eigenvalue weighted by Crippen LogP contribution is 2.30. The molecule has 2 saturated heterocycles. The van der Waals surface area contributed by atoms with E-state index in [0.717, 1.165) is 35.9 Å². The number of nitrogens with zero attached hydrogens (tertiary/aromatic N) is 3. The molecule has 19 heavy (non-hydrogen) atoms. The molecule has 0 spiro atoms. The van der Waals surface area contributed by atoms with Gasteiger partial charge in [-0.05, 0) is 37.8 Å². The van der Waals surface area contributed by atoms with Gasteiger partial charge in [0.2, 0.25) is 0 Å². The van der Waals surface area contributed by atoms with Gasteiger partial charge >= 0.3 is 0 Å². The molecule has 4 heterocycles. The maximum atomic E-state index is 4.51. The van der Waals surface area contributed by atoms with Crippen LogP contribution < -0.4 is 10.2 Å². The first kappa shape index (κ1) is 11.2. The first-order valence-electron chi connectivity index (χ1n) is 7.18. The van der Waals surface area contributed by atoms with Crippen LogP contribution >= 0.6 is 0 Å². The van der Waals surface area contributed by atoms with E-state index >= 15 is 0 Å². The van der Waals surface area contributed by atoms with E-state index in [-0.39, 0.29) is 0 Å². The van der Waals surface area contributed by atoms with Crippen molar-refractivity contribution in [3.63, 3.8) is 0 Å². The molecule has 4 rings (SSSR count). The number of piperidine rings is 2. The average Bonchev–Trinajstić information content (AvgIpc) is 2.95. The van der Waals surface area contributed by atoms with Crippen LogP contribution in [-0.4, -0.2) is 40.6 Å². The predicted octanol–water partition coefficient (Wildman–Crippen LogP) is 1.54. The van der Waals surface area contributed by atoms with Crippen LogP contribution in [0.5, 0.6) is 0 Å². The summed E-state index contributed by atoms with van der Waals surface area (Å²) in [5.41, 5.74) is 0.939. The van der Waals surface area contributed by atoms with Crippen molar-refractivity contribution in [1.82, 2.24) is 20.3 Å². The Morgan fingerprint density at radius 1 is 1.26 bits per heavy atom. The van der Waals surface area contributed by atoms with Crippen LogP contribution in [0.4, 0.5) is 5.82 Å². The molecule has 0 unspecified atom stereocenters. The molecule has 0 aromatic carbocycles. The van der Waals surface area contributed by atoms with Crippen molar-refractivity contribution in [3.05, 3.63) is 18.6 Å². The Morgan fingerprint density at radius 2 is 2.26 bits per heavy atom. The Labute approximate surface area is 112 Å². The number of aromatic nitrogens is 3. The lowest BCUT2D eigenvalue weighted by Gasteiger charge is -2.42. The van der Waals surface area contributed by atoms with Gasteiger partial charge in [0.15, 0.2) is 0 Å². The van der Waals surface area contributed by atoms with Crippen LogP contribution in [0.3, 0.4) is 0 Å². The number of hydrogen-bond donors (Lipinski definition) is 2. The lowest BCUT2D eigenvalue weighted by atomic mass is 9.85. The summed E-state index contributed by atoms with van der Waals surface area (Å²) >= 11 is 0. The highest BCUT2D eigenvalue weighted by molar-refractivity contribution is 5.87. The second-order valence-electron chi connectivity index (χ2n) is 5.63. The monoisotopic (exact) mass is 257 g/mol. The molecule has 5 nitrogen and oxygen atoms in total. The Kier molecular flexibility index (Phi) is 2.65. The summed E-state index contributed by atoms with van der Waals surface area (Å²) < 4.78 is 0. The molecule has 2 aromatic rings. The van der Waals surface area contributed by atoms with Crippen LogP contribution in [0.2, 0.25) is 0 Å². The third-order valence-electron chi connectivity index (χ3n) is 4.52. The zero-order valence-corrected chi connectivity index (χ0v) is 11.0. The van der Waals surface area contributed by atoms with Gasteiger partial charge in [0.1, 0.15) is 17.8 Å². The third kappa shape index (κ3) is 1.89. The molecule has 2 N–H and O–H groups in total. The molecular weight excluding hydrogens is 238 g/mol. The Balaban J connectivity index is 1.64. The van der Waals surface area contributed by atoms with E-state index in [2.05, 4.69) is 31.2 Å². The van der Waals surface area contributed by atoms with E-state index in [1.807, 2.05) is 6.20 Å². The van der Waals surface area contributed by atoms with E-state index in [1.165, 1.54) is 25.8 Å². The number of anilines is 1. The fourth-order valence-corrected chi connectivity index (χ4v) is 3.55. The zero-order chi connectivity index (χ0) is 12.7. The van der Waals surface area contributed by atoms with Crippen LogP contribution in [0.25, 0.3) is 11.0 Å². The summed E-state index contributed by atoms with van der Waals surface area (Å²) in [7, 11) is 0. The van der Waals surface area contributed by atoms with Crippen molar-refractivity contribution < 1.29 is 0 Å². The predicted molar refractivity (Wildman–Crippen MR) is 75.2 cm³/mol. The summed E-state index contributed by atoms with van der Waals surface area (Å²) in [6, 6.07) is 2.80. The summed E-state index contributed by atoms with van der Waals surface area (Å²) in [4.78, 5) is 14.4. The van der Waals surface area contributed by atoms with Crippen molar-refractivity contribution in [3.8, 4) is 0 Å². The number of hydrogen-bond acceptors (Lipinski definition) is 4. The van der Waals surface area contributed by atoms with Crippen LogP contribution in [0.15, 0.2) is 18.6 Å². The Hall–Kier alpha value is -1.62. The van der Waals surface area contributed by atoms with Gasteiger partial charge < -0.3 is 15.2 Å². The fraction of sp³-hybridized carbons (Fsp3) is 0.571. The second-order valence-corrected chi connectivity index (χ2v) is 5.63. The molecule has 2 aliphatic rings. The van der Waals surface area contributed by atoms with Crippen molar-refractivity contribution in [2.75, 3.05) is 24.5 Å². The Morgan fingerprint density at radius 3 is 3.26 bits per heavy atom. The first-order valence-corrected chi connectivity index (χ1v) is 7.18. The van der Waals surface area contributed by atoms with Crippen molar-refractivity contribution >= 4 is 16.9 Å². The number of nitrogens with one attached hydrogen (secondary N) is 2. The van der Waals surface area contributed by atoms with Crippen LogP contribution in [0.1, 0.15) is 19.3 Å². The number of aromatic amines is 1. The van der Waals surface area contributed by atoms with Gasteiger partial charge in [-0.15, -0.1) is 0 Å². The van der Waals surface area contributed by atoms with E-state index < -0.39 is 0 Å². The van der Waals surface area contributed by atoms with Crippen molar-refractivity contribution in [2.45, 2.75) is 25.3 Å². The molecule has 2 fully saturated rings. The molecule has 0 radical (unpaired) electrons. The van der Waals surface area contributed by atoms with E-state index in [1.54, 1.807) is 6.33 Å². The summed E-state index contributed by atoms with van der Waals surface area (Å²) in [5.74, 6) is 1.86. The van der Waals surface area contributed by atoms with Crippen LogP contribution in [0, 0.1) is 5.92 Å². The molecule has 5 heteroatoms. The molecule has 0 bridgehead atoms. The zero-order valence-electron chi connectivity index (χ0n) is 11.0. The molecular formula is C14H19N5. The summed E-state index contributed by atoms with van der Waals surface area (Å²) in [6.45, 7) is 3.40. The average molecular weight is 257 g/mol. The number of rotatable bonds is 1. The highest BCUT2D eigenvalue weighted by Gasteiger charge is 2.31. The molecule has 2 aromatic heterocycles.